The first-order valence-corrected chi connectivity index (χ1v) is 9.58. The molecule has 2 rings (SSSR count). The summed E-state index contributed by atoms with van der Waals surface area (Å²) in [5.41, 5.74) is -0.196. The Bertz CT molecular complexity index is 1090. The standard InChI is InChI=1S/C22H23N3O8/c1-13(27)19(20(28)23-16-6-4-5-7-18(16)33-11-10-26)25-24-17-12-14(21(29)31-2)8-9-15(17)22(30)32-3/h4-9,12,26-27H,10-11H2,1-3H3,(H,23,28). The van der Waals surface area contributed by atoms with Crippen LogP contribution in [-0.2, 0) is 14.3 Å². The Morgan fingerprint density at radius 2 is 1.73 bits per heavy atom. The summed E-state index contributed by atoms with van der Waals surface area (Å²) >= 11 is 0. The molecule has 2 aromatic carbocycles. The molecule has 0 fully saturated rings. The molecule has 11 nitrogen and oxygen atoms in total. The van der Waals surface area contributed by atoms with Gasteiger partial charge in [-0.15, -0.1) is 10.2 Å². The minimum absolute atomic E-state index is 0.0150. The molecule has 0 radical (unpaired) electrons. The zero-order chi connectivity index (χ0) is 24.4. The van der Waals surface area contributed by atoms with Gasteiger partial charge in [-0.2, -0.15) is 0 Å². The summed E-state index contributed by atoms with van der Waals surface area (Å²) in [5.74, 6) is -2.39. The van der Waals surface area contributed by atoms with E-state index in [9.17, 15) is 19.5 Å². The number of esters is 2. The molecule has 0 unspecified atom stereocenters. The Kier molecular flexibility index (Phi) is 9.06. The number of hydrogen-bond donors (Lipinski definition) is 3. The zero-order valence-corrected chi connectivity index (χ0v) is 18.2. The number of aliphatic hydroxyl groups is 2. The minimum atomic E-state index is -0.817. The quantitative estimate of drug-likeness (QED) is 0.224. The number of azo groups is 1. The van der Waals surface area contributed by atoms with Gasteiger partial charge in [0.2, 0.25) is 0 Å². The predicted octanol–water partition coefficient (Wildman–Crippen LogP) is 3.14. The zero-order valence-electron chi connectivity index (χ0n) is 18.2. The van der Waals surface area contributed by atoms with Crippen LogP contribution in [0, 0.1) is 0 Å². The Balaban J connectivity index is 2.38. The number of rotatable bonds is 9. The Hall–Kier alpha value is -4.25. The van der Waals surface area contributed by atoms with Crippen molar-refractivity contribution in [2.24, 2.45) is 10.2 Å². The molecule has 174 valence electrons. The van der Waals surface area contributed by atoms with Crippen LogP contribution in [0.15, 0.2) is 64.1 Å². The lowest BCUT2D eigenvalue weighted by atomic mass is 10.1. The summed E-state index contributed by atoms with van der Waals surface area (Å²) in [6.07, 6.45) is 0. The van der Waals surface area contributed by atoms with Gasteiger partial charge in [0.15, 0.2) is 5.70 Å². The Morgan fingerprint density at radius 1 is 1.03 bits per heavy atom. The number of amides is 1. The molecule has 0 aromatic heterocycles. The molecule has 11 heteroatoms. The third kappa shape index (κ3) is 6.61. The van der Waals surface area contributed by atoms with Crippen molar-refractivity contribution in [2.45, 2.75) is 6.92 Å². The van der Waals surface area contributed by atoms with Crippen LogP contribution in [0.25, 0.3) is 0 Å². The second-order valence-electron chi connectivity index (χ2n) is 6.37. The van der Waals surface area contributed by atoms with E-state index in [2.05, 4.69) is 20.3 Å². The van der Waals surface area contributed by atoms with Crippen molar-refractivity contribution < 1.29 is 38.8 Å². The highest BCUT2D eigenvalue weighted by atomic mass is 16.5. The summed E-state index contributed by atoms with van der Waals surface area (Å²) < 4.78 is 14.7. The number of methoxy groups -OCH3 is 2. The number of nitrogens with zero attached hydrogens (tertiary/aromatic N) is 2. The summed E-state index contributed by atoms with van der Waals surface area (Å²) in [5, 5.41) is 29.1. The molecule has 0 saturated carbocycles. The molecule has 0 saturated heterocycles. The van der Waals surface area contributed by atoms with Gasteiger partial charge in [0.25, 0.3) is 5.91 Å². The molecule has 3 N–H and O–H groups in total. The number of para-hydroxylation sites is 2. The second kappa shape index (κ2) is 12.0. The number of allylic oxidation sites excluding steroid dienone is 1. The number of anilines is 1. The average Bonchev–Trinajstić information content (AvgIpc) is 2.82. The number of aliphatic hydroxyl groups excluding tert-OH is 2. The smallest absolute Gasteiger partial charge is 0.340 e. The van der Waals surface area contributed by atoms with E-state index in [0.29, 0.717) is 5.75 Å². The highest BCUT2D eigenvalue weighted by Crippen LogP contribution is 2.26. The van der Waals surface area contributed by atoms with Crippen LogP contribution in [0.1, 0.15) is 27.6 Å². The Labute approximate surface area is 189 Å². The van der Waals surface area contributed by atoms with Crippen LogP contribution in [0.4, 0.5) is 11.4 Å². The molecule has 0 heterocycles. The lowest BCUT2D eigenvalue weighted by Crippen LogP contribution is -2.16. The molecule has 0 atom stereocenters. The van der Waals surface area contributed by atoms with Gasteiger partial charge in [-0.1, -0.05) is 12.1 Å². The van der Waals surface area contributed by atoms with Crippen LogP contribution in [0.2, 0.25) is 0 Å². The number of benzene rings is 2. The second-order valence-corrected chi connectivity index (χ2v) is 6.37. The molecule has 0 bridgehead atoms. The fraction of sp³-hybridized carbons (Fsp3) is 0.227. The van der Waals surface area contributed by atoms with Crippen LogP contribution in [0.3, 0.4) is 0 Å². The van der Waals surface area contributed by atoms with Gasteiger partial charge < -0.3 is 29.7 Å². The number of carbonyl (C=O) groups excluding carboxylic acids is 3. The predicted molar refractivity (Wildman–Crippen MR) is 117 cm³/mol. The van der Waals surface area contributed by atoms with Crippen LogP contribution < -0.4 is 10.1 Å². The van der Waals surface area contributed by atoms with E-state index in [1.54, 1.807) is 24.3 Å². The van der Waals surface area contributed by atoms with Crippen molar-refractivity contribution in [2.75, 3.05) is 32.8 Å². The summed E-state index contributed by atoms with van der Waals surface area (Å²) in [6, 6.07) is 10.4. The van der Waals surface area contributed by atoms with Crippen molar-refractivity contribution in [3.8, 4) is 5.75 Å². The SMILES string of the molecule is COC(=O)c1ccc(C(=O)OC)c(N=NC(C(=O)Nc2ccccc2OCCO)=C(C)O)c1. The maximum absolute atomic E-state index is 12.7. The largest absolute Gasteiger partial charge is 0.510 e. The van der Waals surface area contributed by atoms with Gasteiger partial charge in [-0.3, -0.25) is 4.79 Å². The van der Waals surface area contributed by atoms with E-state index in [1.165, 1.54) is 39.3 Å². The van der Waals surface area contributed by atoms with E-state index in [0.717, 1.165) is 0 Å². The van der Waals surface area contributed by atoms with Crippen molar-refractivity contribution in [1.29, 1.82) is 0 Å². The van der Waals surface area contributed by atoms with Crippen LogP contribution in [-0.4, -0.2) is 55.5 Å². The monoisotopic (exact) mass is 457 g/mol. The summed E-state index contributed by atoms with van der Waals surface area (Å²) in [4.78, 5) is 36.6. The molecule has 1 amide bonds. The molecule has 0 aliphatic heterocycles. The first kappa shape index (κ1) is 25.0. The van der Waals surface area contributed by atoms with Crippen molar-refractivity contribution >= 4 is 29.2 Å². The number of nitrogens with one attached hydrogen (secondary N) is 1. The van der Waals surface area contributed by atoms with Crippen molar-refractivity contribution in [1.82, 2.24) is 0 Å². The lowest BCUT2D eigenvalue weighted by molar-refractivity contribution is -0.113. The van der Waals surface area contributed by atoms with E-state index in [1.807, 2.05) is 0 Å². The molecule has 0 aliphatic carbocycles. The highest BCUT2D eigenvalue weighted by Gasteiger charge is 2.18. The molecule has 0 spiro atoms. The van der Waals surface area contributed by atoms with Gasteiger partial charge >= 0.3 is 11.9 Å². The fourth-order valence-corrected chi connectivity index (χ4v) is 2.56. The van der Waals surface area contributed by atoms with Crippen LogP contribution >= 0.6 is 0 Å². The van der Waals surface area contributed by atoms with Gasteiger partial charge in [-0.05, 0) is 37.3 Å². The van der Waals surface area contributed by atoms with E-state index in [4.69, 9.17) is 14.6 Å². The van der Waals surface area contributed by atoms with Gasteiger partial charge in [-0.25, -0.2) is 9.59 Å². The molecule has 0 aliphatic rings. The van der Waals surface area contributed by atoms with Gasteiger partial charge in [0, 0.05) is 0 Å². The third-order valence-corrected chi connectivity index (χ3v) is 4.12. The maximum Gasteiger partial charge on any atom is 0.340 e. The molecule has 33 heavy (non-hydrogen) atoms. The van der Waals surface area contributed by atoms with Gasteiger partial charge in [0.1, 0.15) is 23.8 Å². The molecular formula is C22H23N3O8. The van der Waals surface area contributed by atoms with E-state index in [-0.39, 0.29) is 35.7 Å². The highest BCUT2D eigenvalue weighted by molar-refractivity contribution is 6.04. The Morgan fingerprint density at radius 3 is 2.36 bits per heavy atom. The summed E-state index contributed by atoms with van der Waals surface area (Å²) in [6.45, 7) is 1.03. The fourth-order valence-electron chi connectivity index (χ4n) is 2.56. The number of carbonyl (C=O) groups is 3. The minimum Gasteiger partial charge on any atom is -0.510 e. The van der Waals surface area contributed by atoms with E-state index >= 15 is 0 Å². The first-order chi connectivity index (χ1) is 15.8. The normalized spacial score (nSPS) is 11.5. The first-order valence-electron chi connectivity index (χ1n) is 9.58. The van der Waals surface area contributed by atoms with Crippen molar-refractivity contribution in [3.05, 3.63) is 65.0 Å². The van der Waals surface area contributed by atoms with E-state index < -0.39 is 29.3 Å². The topological polar surface area (TPSA) is 156 Å². The maximum atomic E-state index is 12.7. The third-order valence-electron chi connectivity index (χ3n) is 4.12. The summed E-state index contributed by atoms with van der Waals surface area (Å²) in [7, 11) is 2.37. The van der Waals surface area contributed by atoms with Crippen LogP contribution in [0.5, 0.6) is 5.75 Å². The van der Waals surface area contributed by atoms with Gasteiger partial charge in [0.05, 0.1) is 37.6 Å². The number of ether oxygens (including phenoxy) is 3. The van der Waals surface area contributed by atoms with Crippen molar-refractivity contribution in [3.63, 3.8) is 0 Å². The number of hydrogen-bond acceptors (Lipinski definition) is 10. The molecular weight excluding hydrogens is 434 g/mol. The molecule has 2 aromatic rings. The average molecular weight is 457 g/mol. The lowest BCUT2D eigenvalue weighted by Gasteiger charge is -2.12.